The molecule has 0 atom stereocenters. The molecule has 15 heteroatoms. The van der Waals surface area contributed by atoms with Crippen molar-refractivity contribution >= 4 is 79.4 Å². The fourth-order valence-corrected chi connectivity index (χ4v) is 7.93. The van der Waals surface area contributed by atoms with Crippen LogP contribution in [0.3, 0.4) is 0 Å². The van der Waals surface area contributed by atoms with Gasteiger partial charge in [-0.2, -0.15) is 0 Å². The van der Waals surface area contributed by atoms with Gasteiger partial charge in [0.25, 0.3) is 0 Å². The molecule has 0 aliphatic rings. The summed E-state index contributed by atoms with van der Waals surface area (Å²) in [5.41, 5.74) is 0.684. The van der Waals surface area contributed by atoms with E-state index in [1.165, 1.54) is 15.9 Å². The monoisotopic (exact) mass is 1110 g/mol. The van der Waals surface area contributed by atoms with Crippen molar-refractivity contribution in [3.8, 4) is 0 Å². The average molecular weight is 1110 g/mol. The van der Waals surface area contributed by atoms with Crippen LogP contribution in [0, 0.1) is 31.1 Å². The zero-order chi connectivity index (χ0) is 44.2. The van der Waals surface area contributed by atoms with E-state index in [2.05, 4.69) is 55.5 Å². The van der Waals surface area contributed by atoms with Crippen molar-refractivity contribution in [2.24, 2.45) is 4.99 Å². The van der Waals surface area contributed by atoms with Crippen molar-refractivity contribution in [1.29, 1.82) is 1.34 Å². The van der Waals surface area contributed by atoms with Crippen LogP contribution >= 0.6 is 47.0 Å². The summed E-state index contributed by atoms with van der Waals surface area (Å²) in [5.74, 6) is 1.67. The third-order valence-electron chi connectivity index (χ3n) is 6.98. The van der Waals surface area contributed by atoms with E-state index < -0.39 is 11.9 Å². The number of esters is 3. The van der Waals surface area contributed by atoms with Crippen LogP contribution in [0.2, 0.25) is 0 Å². The number of carbonyl (C=O) groups is 3. The Labute approximate surface area is 399 Å². The number of aliphatic imine (C=N–C) groups is 1. The number of carbonyl (C=O) groups excluding carboxylic acids is 4. The molecule has 0 unspecified atom stereocenters. The number of ether oxygens (including phenoxy) is 3. The summed E-state index contributed by atoms with van der Waals surface area (Å²) in [6.45, 7) is 10.5. The maximum Gasteiger partial charge on any atom is 0.333 e. The van der Waals surface area contributed by atoms with Gasteiger partial charge in [0, 0.05) is 99.6 Å². The summed E-state index contributed by atoms with van der Waals surface area (Å²) in [5, 5.41) is 9.93. The largest absolute Gasteiger partial charge is 0.462 e. The van der Waals surface area contributed by atoms with Crippen LogP contribution < -0.4 is 0 Å². The number of benzene rings is 4. The predicted molar refractivity (Wildman–Crippen MR) is 245 cm³/mol. The molecule has 4 rings (SSSR count). The summed E-state index contributed by atoms with van der Waals surface area (Å²) in [4.78, 5) is 51.7. The minimum Gasteiger partial charge on any atom is -0.462 e. The molecule has 9 nitrogen and oxygen atoms in total. The Morgan fingerprint density at radius 3 is 1.37 bits per heavy atom. The van der Waals surface area contributed by atoms with Crippen molar-refractivity contribution in [3.05, 3.63) is 146 Å². The summed E-state index contributed by atoms with van der Waals surface area (Å²) in [7, 11) is 3.75. The second-order valence-corrected chi connectivity index (χ2v) is 16.5. The first kappa shape index (κ1) is 54.6. The van der Waals surface area contributed by atoms with E-state index in [-0.39, 0.29) is 75.5 Å². The maximum atomic E-state index is 12.3. The molecule has 60 heavy (non-hydrogen) atoms. The van der Waals surface area contributed by atoms with Crippen LogP contribution in [0.15, 0.2) is 170 Å². The van der Waals surface area contributed by atoms with Gasteiger partial charge < -0.3 is 19.3 Å². The van der Waals surface area contributed by atoms with E-state index in [1.54, 1.807) is 60.9 Å². The van der Waals surface area contributed by atoms with Crippen LogP contribution in [-0.2, 0) is 33.4 Å². The smallest absolute Gasteiger partial charge is 0.333 e. The number of hydrogen-bond acceptors (Lipinski definition) is 13. The first-order chi connectivity index (χ1) is 29.1. The molecular weight excluding hydrogens is 1060 g/mol. The molecule has 0 saturated carbocycles. The van der Waals surface area contributed by atoms with Gasteiger partial charge in [-0.05, 0) is 70.1 Å². The zero-order valence-corrected chi connectivity index (χ0v) is 41.4. The number of isocyanates is 1. The normalized spacial score (nSPS) is 9.92. The molecule has 0 fully saturated rings. The van der Waals surface area contributed by atoms with Crippen LogP contribution in [-0.4, -0.2) is 93.8 Å². The van der Waals surface area contributed by atoms with Gasteiger partial charge in [-0.3, -0.25) is 4.79 Å². The van der Waals surface area contributed by atoms with Crippen LogP contribution in [0.4, 0.5) is 0 Å². The molecule has 0 spiro atoms. The SMILES string of the molecule is C=C(C)C(=O)OCCCC(=O)OC(CSc1ccccc1)CSc1ccccc1.C=C(C)C(=O)OCCN=C=O.OC(CSc1ccccc1)CSc1ccccc1.[2H][B].[U]. The third-order valence-corrected chi connectivity index (χ3v) is 11.6. The van der Waals surface area contributed by atoms with Crippen LogP contribution in [0.5, 0.6) is 0 Å². The Bertz CT molecular complexity index is 1760. The Kier molecular flexibility index (Phi) is 33.1. The molecule has 0 aromatic heterocycles. The Balaban J connectivity index is 0.000000958. The first-order valence-electron chi connectivity index (χ1n) is 18.9. The first-order valence-corrected chi connectivity index (χ1v) is 22.3. The molecule has 0 amide bonds. The number of aliphatic hydroxyl groups excluding tert-OH is 1. The summed E-state index contributed by atoms with van der Waals surface area (Å²) >= 11 is 6.74. The number of rotatable bonds is 22. The maximum absolute atomic E-state index is 12.3. The molecule has 0 saturated heterocycles. The van der Waals surface area contributed by atoms with Gasteiger partial charge in [-0.25, -0.2) is 19.4 Å². The van der Waals surface area contributed by atoms with E-state index in [4.69, 9.17) is 10.8 Å². The topological polar surface area (TPSA) is 129 Å². The molecule has 0 bridgehead atoms. The average Bonchev–Trinajstić information content (AvgIpc) is 3.28. The number of thioether (sulfide) groups is 4. The van der Waals surface area contributed by atoms with Crippen molar-refractivity contribution in [2.75, 3.05) is 42.8 Å². The summed E-state index contributed by atoms with van der Waals surface area (Å²) in [6, 6.07) is 40.5. The molecule has 4 aromatic rings. The van der Waals surface area contributed by atoms with Crippen LogP contribution in [0.25, 0.3) is 0 Å². The quantitative estimate of drug-likeness (QED) is 0.0118. The van der Waals surface area contributed by atoms with E-state index in [0.717, 1.165) is 21.3 Å². The Hall–Kier alpha value is -3.37. The fraction of sp³-hybridized carbons (Fsp3) is 0.289. The molecule has 2 radical (unpaired) electrons. The van der Waals surface area contributed by atoms with Gasteiger partial charge in [0.05, 0.1) is 19.3 Å². The van der Waals surface area contributed by atoms with Gasteiger partial charge in [-0.15, -0.1) is 47.0 Å². The van der Waals surface area contributed by atoms with Crippen molar-refractivity contribution in [2.45, 2.75) is 58.5 Å². The van der Waals surface area contributed by atoms with Gasteiger partial charge in [0.1, 0.15) is 12.7 Å². The molecule has 0 heterocycles. The van der Waals surface area contributed by atoms with E-state index in [9.17, 15) is 24.3 Å². The standard InChI is InChI=1S/C23H26O4S2.C15H16OS2.C7H9NO3.BH.U/c1-18(2)23(25)26-15-9-14-22(24)27-19(16-28-20-10-5-3-6-11-20)17-29-21-12-7-4-8-13-21;16-13(11-17-14-7-3-1-4-8-14)12-18-15-9-5-2-6-10-15;1-6(2)7(10)11-4-3-8-5-9;;/h3-8,10-13,19H,1,9,14-17H2,2H3;1-10,13,16H,11-12H2;1,3-4H2,2H3;1H;/i;;;1D;. The van der Waals surface area contributed by atoms with Gasteiger partial charge >= 0.3 is 17.9 Å². The number of nitrogens with zero attached hydrogens (tertiary/aromatic N) is 1. The van der Waals surface area contributed by atoms with Gasteiger partial charge in [0.2, 0.25) is 6.08 Å². The number of hydrogen-bond donors (Lipinski definition) is 1. The van der Waals surface area contributed by atoms with E-state index in [0.29, 0.717) is 29.1 Å². The van der Waals surface area contributed by atoms with E-state index in [1.807, 2.05) is 97.1 Å². The molecule has 0 aliphatic carbocycles. The van der Waals surface area contributed by atoms with Gasteiger partial charge in [-0.1, -0.05) is 86.0 Å². The van der Waals surface area contributed by atoms with Crippen molar-refractivity contribution < 1.29 is 69.6 Å². The fourth-order valence-electron chi connectivity index (χ4n) is 4.10. The molecular formula is C45H52BNO8S4U. The second kappa shape index (κ2) is 36.3. The second-order valence-electron chi connectivity index (χ2n) is 12.2. The summed E-state index contributed by atoms with van der Waals surface area (Å²) in [6.07, 6.45) is 1.49. The Morgan fingerprint density at radius 1 is 0.667 bits per heavy atom. The summed E-state index contributed by atoms with van der Waals surface area (Å²) < 4.78 is 20.6. The van der Waals surface area contributed by atoms with Gasteiger partial charge in [0.15, 0.2) is 0 Å². The van der Waals surface area contributed by atoms with E-state index >= 15 is 0 Å². The van der Waals surface area contributed by atoms with Crippen molar-refractivity contribution in [1.82, 2.24) is 0 Å². The molecule has 0 aliphatic heterocycles. The minimum atomic E-state index is -0.467. The van der Waals surface area contributed by atoms with Crippen molar-refractivity contribution in [3.63, 3.8) is 0 Å². The third kappa shape index (κ3) is 29.0. The molecule has 316 valence electrons. The Morgan fingerprint density at radius 2 is 1.02 bits per heavy atom. The number of aliphatic hydroxyl groups is 1. The zero-order valence-electron chi connectivity index (χ0n) is 34.9. The predicted octanol–water partition coefficient (Wildman–Crippen LogP) is 9.11. The molecule has 1 N–H and O–H groups in total. The minimum absolute atomic E-state index is 0. The molecule has 4 aromatic carbocycles. The van der Waals surface area contributed by atoms with Crippen LogP contribution in [0.1, 0.15) is 26.7 Å².